The van der Waals surface area contributed by atoms with E-state index in [9.17, 15) is 4.79 Å². The molecule has 0 amide bonds. The fourth-order valence-electron chi connectivity index (χ4n) is 1.22. The molecule has 0 spiro atoms. The summed E-state index contributed by atoms with van der Waals surface area (Å²) in [6, 6.07) is 5.31. The number of hydrogen-bond acceptors (Lipinski definition) is 4. The van der Waals surface area contributed by atoms with Crippen LogP contribution in [0, 0.1) is 3.57 Å². The zero-order valence-electron chi connectivity index (χ0n) is 10.7. The average Bonchev–Trinajstić information content (AvgIpc) is 2.38. The van der Waals surface area contributed by atoms with Crippen LogP contribution in [0.2, 0.25) is 0 Å². The van der Waals surface area contributed by atoms with E-state index in [1.165, 1.54) is 0 Å². The molecular formula is C12H14IN3O3S. The number of carboxylic acids is 1. The summed E-state index contributed by atoms with van der Waals surface area (Å²) in [6.07, 6.45) is 1.62. The van der Waals surface area contributed by atoms with Gasteiger partial charge in [-0.05, 0) is 65.5 Å². The van der Waals surface area contributed by atoms with E-state index in [2.05, 4.69) is 38.4 Å². The third-order valence-corrected chi connectivity index (χ3v) is 3.10. The molecule has 1 aromatic rings. The SMILES string of the molecule is CCNC(=S)NN=Cc1ccc(OCC(=O)O)c(I)c1. The van der Waals surface area contributed by atoms with Crippen LogP contribution in [0.4, 0.5) is 0 Å². The van der Waals surface area contributed by atoms with E-state index in [1.807, 2.05) is 13.0 Å². The van der Waals surface area contributed by atoms with Crippen molar-refractivity contribution in [1.29, 1.82) is 0 Å². The lowest BCUT2D eigenvalue weighted by atomic mass is 10.2. The molecule has 1 rings (SSSR count). The smallest absolute Gasteiger partial charge is 0.341 e. The zero-order chi connectivity index (χ0) is 15.0. The largest absolute Gasteiger partial charge is 0.481 e. The van der Waals surface area contributed by atoms with E-state index in [-0.39, 0.29) is 6.61 Å². The second-order valence-corrected chi connectivity index (χ2v) is 5.17. The maximum Gasteiger partial charge on any atom is 0.341 e. The van der Waals surface area contributed by atoms with Gasteiger partial charge in [0, 0.05) is 6.54 Å². The van der Waals surface area contributed by atoms with Crippen LogP contribution >= 0.6 is 34.8 Å². The first kappa shape index (κ1) is 16.6. The van der Waals surface area contributed by atoms with Gasteiger partial charge >= 0.3 is 5.97 Å². The number of hydrogen-bond donors (Lipinski definition) is 3. The predicted molar refractivity (Wildman–Crippen MR) is 89.3 cm³/mol. The number of benzene rings is 1. The molecule has 108 valence electrons. The number of rotatable bonds is 6. The topological polar surface area (TPSA) is 83.0 Å². The van der Waals surface area contributed by atoms with Crippen molar-refractivity contribution in [3.05, 3.63) is 27.3 Å². The van der Waals surface area contributed by atoms with Crippen molar-refractivity contribution >= 4 is 52.1 Å². The highest BCUT2D eigenvalue weighted by molar-refractivity contribution is 14.1. The molecule has 1 aromatic carbocycles. The van der Waals surface area contributed by atoms with Gasteiger partial charge in [0.1, 0.15) is 5.75 Å². The molecule has 0 aliphatic heterocycles. The number of halogens is 1. The Hall–Kier alpha value is -1.42. The Morgan fingerprint density at radius 3 is 2.95 bits per heavy atom. The molecule has 0 saturated carbocycles. The van der Waals surface area contributed by atoms with Gasteiger partial charge in [0.15, 0.2) is 11.7 Å². The molecule has 0 radical (unpaired) electrons. The van der Waals surface area contributed by atoms with Crippen molar-refractivity contribution in [3.8, 4) is 5.75 Å². The van der Waals surface area contributed by atoms with Gasteiger partial charge in [0.05, 0.1) is 9.78 Å². The molecule has 0 atom stereocenters. The van der Waals surface area contributed by atoms with Gasteiger partial charge in [-0.15, -0.1) is 0 Å². The molecule has 0 fully saturated rings. The maximum absolute atomic E-state index is 10.4. The third-order valence-electron chi connectivity index (χ3n) is 2.02. The first-order valence-electron chi connectivity index (χ1n) is 5.74. The van der Waals surface area contributed by atoms with Gasteiger partial charge in [-0.3, -0.25) is 5.43 Å². The molecule has 0 aromatic heterocycles. The van der Waals surface area contributed by atoms with Crippen LogP contribution < -0.4 is 15.5 Å². The van der Waals surface area contributed by atoms with Crippen molar-refractivity contribution in [1.82, 2.24) is 10.7 Å². The Morgan fingerprint density at radius 2 is 2.35 bits per heavy atom. The fraction of sp³-hybridized carbons (Fsp3) is 0.250. The lowest BCUT2D eigenvalue weighted by molar-refractivity contribution is -0.139. The Bertz CT molecular complexity index is 523. The summed E-state index contributed by atoms with van der Waals surface area (Å²) in [6.45, 7) is 2.31. The second kappa shape index (κ2) is 8.69. The van der Waals surface area contributed by atoms with Crippen LogP contribution in [0.1, 0.15) is 12.5 Å². The molecule has 0 saturated heterocycles. The summed E-state index contributed by atoms with van der Waals surface area (Å²) < 4.78 is 5.94. The molecule has 8 heteroatoms. The van der Waals surface area contributed by atoms with Crippen molar-refractivity contribution in [2.45, 2.75) is 6.92 Å². The molecule has 3 N–H and O–H groups in total. The minimum absolute atomic E-state index is 0.359. The van der Waals surface area contributed by atoms with Crippen molar-refractivity contribution in [3.63, 3.8) is 0 Å². The Labute approximate surface area is 135 Å². The molecule has 0 heterocycles. The van der Waals surface area contributed by atoms with E-state index < -0.39 is 5.97 Å². The van der Waals surface area contributed by atoms with Crippen molar-refractivity contribution < 1.29 is 14.6 Å². The summed E-state index contributed by atoms with van der Waals surface area (Å²) in [4.78, 5) is 10.4. The number of ether oxygens (including phenoxy) is 1. The second-order valence-electron chi connectivity index (χ2n) is 3.60. The van der Waals surface area contributed by atoms with Gasteiger partial charge in [0.25, 0.3) is 0 Å². The lowest BCUT2D eigenvalue weighted by Gasteiger charge is -2.06. The Morgan fingerprint density at radius 1 is 1.60 bits per heavy atom. The molecule has 20 heavy (non-hydrogen) atoms. The molecule has 0 unspecified atom stereocenters. The van der Waals surface area contributed by atoms with E-state index in [1.54, 1.807) is 18.3 Å². The first-order chi connectivity index (χ1) is 9.52. The van der Waals surface area contributed by atoms with Crippen LogP contribution in [0.5, 0.6) is 5.75 Å². The summed E-state index contributed by atoms with van der Waals surface area (Å²) in [7, 11) is 0. The van der Waals surface area contributed by atoms with E-state index in [0.717, 1.165) is 15.7 Å². The minimum Gasteiger partial charge on any atom is -0.481 e. The Kier molecular flexibility index (Phi) is 7.23. The van der Waals surface area contributed by atoms with Crippen LogP contribution in [0.25, 0.3) is 0 Å². The number of carbonyl (C=O) groups is 1. The van der Waals surface area contributed by atoms with E-state index in [4.69, 9.17) is 22.1 Å². The van der Waals surface area contributed by atoms with Gasteiger partial charge in [-0.25, -0.2) is 4.79 Å². The molecule has 6 nitrogen and oxygen atoms in total. The first-order valence-corrected chi connectivity index (χ1v) is 7.22. The van der Waals surface area contributed by atoms with Crippen LogP contribution in [-0.4, -0.2) is 35.6 Å². The monoisotopic (exact) mass is 407 g/mol. The maximum atomic E-state index is 10.4. The quantitative estimate of drug-likeness (QED) is 0.288. The molecule has 0 aliphatic carbocycles. The highest BCUT2D eigenvalue weighted by Gasteiger charge is 2.04. The van der Waals surface area contributed by atoms with Gasteiger partial charge < -0.3 is 15.2 Å². The van der Waals surface area contributed by atoms with Crippen LogP contribution in [0.3, 0.4) is 0 Å². The van der Waals surface area contributed by atoms with Gasteiger partial charge in [-0.1, -0.05) is 0 Å². The Balaban J connectivity index is 2.60. The van der Waals surface area contributed by atoms with Gasteiger partial charge in [0.2, 0.25) is 0 Å². The average molecular weight is 407 g/mol. The molecular weight excluding hydrogens is 393 g/mol. The number of nitrogens with zero attached hydrogens (tertiary/aromatic N) is 1. The van der Waals surface area contributed by atoms with Crippen molar-refractivity contribution in [2.24, 2.45) is 5.10 Å². The summed E-state index contributed by atoms with van der Waals surface area (Å²) in [5.41, 5.74) is 3.54. The zero-order valence-corrected chi connectivity index (χ0v) is 13.7. The number of hydrazone groups is 1. The van der Waals surface area contributed by atoms with Crippen LogP contribution in [0.15, 0.2) is 23.3 Å². The third kappa shape index (κ3) is 6.15. The number of nitrogens with one attached hydrogen (secondary N) is 2. The summed E-state index contributed by atoms with van der Waals surface area (Å²) >= 11 is 7.03. The lowest BCUT2D eigenvalue weighted by Crippen LogP contribution is -2.31. The standard InChI is InChI=1S/C12H14IN3O3S/c1-2-14-12(20)16-15-6-8-3-4-10(9(13)5-8)19-7-11(17)18/h3-6H,2,7H2,1H3,(H,17,18)(H2,14,16,20). The molecule has 0 bridgehead atoms. The van der Waals surface area contributed by atoms with Gasteiger partial charge in [-0.2, -0.15) is 5.10 Å². The van der Waals surface area contributed by atoms with Crippen LogP contribution in [-0.2, 0) is 4.79 Å². The highest BCUT2D eigenvalue weighted by Crippen LogP contribution is 2.21. The molecule has 0 aliphatic rings. The summed E-state index contributed by atoms with van der Waals surface area (Å²) in [5, 5.41) is 15.9. The predicted octanol–water partition coefficient (Wildman–Crippen LogP) is 1.57. The highest BCUT2D eigenvalue weighted by atomic mass is 127. The fourth-order valence-corrected chi connectivity index (χ4v) is 2.11. The van der Waals surface area contributed by atoms with Crippen molar-refractivity contribution in [2.75, 3.05) is 13.2 Å². The minimum atomic E-state index is -1.01. The normalized spacial score (nSPS) is 10.3. The van der Waals surface area contributed by atoms with E-state index >= 15 is 0 Å². The number of thiocarbonyl (C=S) groups is 1. The number of aliphatic carboxylic acids is 1. The summed E-state index contributed by atoms with van der Waals surface area (Å²) in [5.74, 6) is -0.478. The number of carboxylic acid groups (broad SMARTS) is 1. The van der Waals surface area contributed by atoms with E-state index in [0.29, 0.717) is 10.9 Å².